The molecule has 0 aromatic carbocycles. The molecule has 0 saturated heterocycles. The number of rotatable bonds is 5. The Morgan fingerprint density at radius 1 is 1.36 bits per heavy atom. The van der Waals surface area contributed by atoms with E-state index in [4.69, 9.17) is 5.11 Å². The van der Waals surface area contributed by atoms with E-state index < -0.39 is 0 Å². The van der Waals surface area contributed by atoms with E-state index in [1.54, 1.807) is 19.3 Å². The van der Waals surface area contributed by atoms with Crippen molar-refractivity contribution >= 4 is 0 Å². The summed E-state index contributed by atoms with van der Waals surface area (Å²) < 4.78 is 0. The first-order valence-corrected chi connectivity index (χ1v) is 4.84. The highest BCUT2D eigenvalue weighted by Crippen LogP contribution is 1.99. The highest BCUT2D eigenvalue weighted by atomic mass is 16.3. The summed E-state index contributed by atoms with van der Waals surface area (Å²) in [5, 5.41) is 12.4. The summed E-state index contributed by atoms with van der Waals surface area (Å²) in [6, 6.07) is 0.301. The van der Waals surface area contributed by atoms with E-state index in [9.17, 15) is 0 Å². The van der Waals surface area contributed by atoms with Crippen molar-refractivity contribution in [2.75, 3.05) is 0 Å². The van der Waals surface area contributed by atoms with Gasteiger partial charge in [0, 0.05) is 30.5 Å². The molecule has 14 heavy (non-hydrogen) atoms. The molecule has 2 unspecified atom stereocenters. The standard InChI is InChI=1S/C10H17N3O/c1-8(3-9(2)14)13-6-10-4-11-7-12-5-10/h4-5,7-9,13-14H,3,6H2,1-2H3. The smallest absolute Gasteiger partial charge is 0.115 e. The fourth-order valence-corrected chi connectivity index (χ4v) is 1.31. The summed E-state index contributed by atoms with van der Waals surface area (Å²) in [4.78, 5) is 7.85. The van der Waals surface area contributed by atoms with Crippen LogP contribution in [0.4, 0.5) is 0 Å². The molecule has 1 aromatic heterocycles. The van der Waals surface area contributed by atoms with Crippen molar-refractivity contribution in [1.82, 2.24) is 15.3 Å². The molecule has 0 bridgehead atoms. The van der Waals surface area contributed by atoms with Gasteiger partial charge in [0.15, 0.2) is 0 Å². The van der Waals surface area contributed by atoms with Crippen molar-refractivity contribution in [3.8, 4) is 0 Å². The Kier molecular flexibility index (Phi) is 4.49. The molecule has 0 spiro atoms. The van der Waals surface area contributed by atoms with Gasteiger partial charge >= 0.3 is 0 Å². The summed E-state index contributed by atoms with van der Waals surface area (Å²) in [6.45, 7) is 4.59. The Morgan fingerprint density at radius 3 is 2.57 bits per heavy atom. The maximum Gasteiger partial charge on any atom is 0.115 e. The highest BCUT2D eigenvalue weighted by Gasteiger charge is 2.04. The highest BCUT2D eigenvalue weighted by molar-refractivity contribution is 5.01. The Bertz CT molecular complexity index is 251. The third-order valence-corrected chi connectivity index (χ3v) is 1.96. The van der Waals surface area contributed by atoms with Crippen LogP contribution in [0.25, 0.3) is 0 Å². The lowest BCUT2D eigenvalue weighted by atomic mass is 10.1. The summed E-state index contributed by atoms with van der Waals surface area (Å²) in [7, 11) is 0. The first-order chi connectivity index (χ1) is 6.68. The minimum atomic E-state index is -0.260. The molecule has 2 atom stereocenters. The molecule has 1 rings (SSSR count). The summed E-state index contributed by atoms with van der Waals surface area (Å²) in [6.07, 6.45) is 5.59. The SMILES string of the molecule is CC(O)CC(C)NCc1cncnc1. The molecule has 4 nitrogen and oxygen atoms in total. The summed E-state index contributed by atoms with van der Waals surface area (Å²) in [5.41, 5.74) is 1.06. The van der Waals surface area contributed by atoms with E-state index in [1.165, 1.54) is 6.33 Å². The average Bonchev–Trinajstić information content (AvgIpc) is 2.15. The first-order valence-electron chi connectivity index (χ1n) is 4.84. The van der Waals surface area contributed by atoms with Crippen molar-refractivity contribution in [3.63, 3.8) is 0 Å². The molecule has 1 aromatic rings. The molecule has 78 valence electrons. The fraction of sp³-hybridized carbons (Fsp3) is 0.600. The second kappa shape index (κ2) is 5.67. The van der Waals surface area contributed by atoms with Gasteiger partial charge < -0.3 is 10.4 Å². The lowest BCUT2D eigenvalue weighted by molar-refractivity contribution is 0.170. The molecular formula is C10H17N3O. The fourth-order valence-electron chi connectivity index (χ4n) is 1.31. The van der Waals surface area contributed by atoms with Gasteiger partial charge in [0.05, 0.1) is 6.10 Å². The van der Waals surface area contributed by atoms with E-state index in [0.717, 1.165) is 18.5 Å². The van der Waals surface area contributed by atoms with Gasteiger partial charge in [-0.1, -0.05) is 0 Å². The van der Waals surface area contributed by atoms with E-state index in [0.29, 0.717) is 6.04 Å². The molecule has 4 heteroatoms. The van der Waals surface area contributed by atoms with Crippen LogP contribution in [-0.2, 0) is 6.54 Å². The van der Waals surface area contributed by atoms with E-state index in [1.807, 2.05) is 0 Å². The van der Waals surface area contributed by atoms with Crippen LogP contribution in [0.2, 0.25) is 0 Å². The molecule has 0 aliphatic rings. The molecule has 2 N–H and O–H groups in total. The van der Waals surface area contributed by atoms with Gasteiger partial charge in [-0.15, -0.1) is 0 Å². The summed E-state index contributed by atoms with van der Waals surface area (Å²) in [5.74, 6) is 0. The summed E-state index contributed by atoms with van der Waals surface area (Å²) >= 11 is 0. The molecule has 0 aliphatic carbocycles. The normalized spacial score (nSPS) is 15.1. The maximum absolute atomic E-state index is 9.16. The second-order valence-corrected chi connectivity index (χ2v) is 3.61. The van der Waals surface area contributed by atoms with Crippen LogP contribution in [0.3, 0.4) is 0 Å². The van der Waals surface area contributed by atoms with Crippen LogP contribution in [0.5, 0.6) is 0 Å². The minimum Gasteiger partial charge on any atom is -0.393 e. The third-order valence-electron chi connectivity index (χ3n) is 1.96. The van der Waals surface area contributed by atoms with Gasteiger partial charge in [-0.2, -0.15) is 0 Å². The Labute approximate surface area is 84.4 Å². The number of hydrogen-bond acceptors (Lipinski definition) is 4. The number of hydrogen-bond donors (Lipinski definition) is 2. The van der Waals surface area contributed by atoms with E-state index in [-0.39, 0.29) is 6.10 Å². The minimum absolute atomic E-state index is 0.260. The number of nitrogens with one attached hydrogen (secondary N) is 1. The Hall–Kier alpha value is -1.00. The lowest BCUT2D eigenvalue weighted by Gasteiger charge is -2.14. The van der Waals surface area contributed by atoms with Crippen LogP contribution >= 0.6 is 0 Å². The lowest BCUT2D eigenvalue weighted by Crippen LogP contribution is -2.28. The monoisotopic (exact) mass is 195 g/mol. The van der Waals surface area contributed by atoms with Crippen molar-refractivity contribution < 1.29 is 5.11 Å². The molecule has 1 heterocycles. The molecule has 0 radical (unpaired) electrons. The topological polar surface area (TPSA) is 58.0 Å². The van der Waals surface area contributed by atoms with Crippen LogP contribution in [-0.4, -0.2) is 27.2 Å². The zero-order valence-corrected chi connectivity index (χ0v) is 8.64. The second-order valence-electron chi connectivity index (χ2n) is 3.61. The maximum atomic E-state index is 9.16. The van der Waals surface area contributed by atoms with Crippen molar-refractivity contribution in [2.24, 2.45) is 0 Å². The number of aromatic nitrogens is 2. The average molecular weight is 195 g/mol. The Morgan fingerprint density at radius 2 is 2.00 bits per heavy atom. The molecule has 0 aliphatic heterocycles. The predicted octanol–water partition coefficient (Wildman–Crippen LogP) is 0.726. The number of nitrogens with zero attached hydrogens (tertiary/aromatic N) is 2. The first kappa shape index (κ1) is 11.1. The molecule has 0 fully saturated rings. The van der Waals surface area contributed by atoms with Gasteiger partial charge in [-0.25, -0.2) is 9.97 Å². The van der Waals surface area contributed by atoms with E-state index >= 15 is 0 Å². The zero-order chi connectivity index (χ0) is 10.4. The van der Waals surface area contributed by atoms with Gasteiger partial charge in [-0.3, -0.25) is 0 Å². The quantitative estimate of drug-likeness (QED) is 0.727. The van der Waals surface area contributed by atoms with Crippen molar-refractivity contribution in [1.29, 1.82) is 0 Å². The van der Waals surface area contributed by atoms with Gasteiger partial charge in [0.2, 0.25) is 0 Å². The molecule has 0 saturated carbocycles. The number of aliphatic hydroxyl groups excluding tert-OH is 1. The third kappa shape index (κ3) is 4.30. The molecule has 0 amide bonds. The molecular weight excluding hydrogens is 178 g/mol. The Balaban J connectivity index is 2.27. The van der Waals surface area contributed by atoms with E-state index in [2.05, 4.69) is 22.2 Å². The van der Waals surface area contributed by atoms with Crippen molar-refractivity contribution in [3.05, 3.63) is 24.3 Å². The van der Waals surface area contributed by atoms with Gasteiger partial charge in [0.25, 0.3) is 0 Å². The van der Waals surface area contributed by atoms with Gasteiger partial charge in [0.1, 0.15) is 6.33 Å². The van der Waals surface area contributed by atoms with Crippen LogP contribution in [0, 0.1) is 0 Å². The van der Waals surface area contributed by atoms with Gasteiger partial charge in [-0.05, 0) is 20.3 Å². The number of aliphatic hydroxyl groups is 1. The van der Waals surface area contributed by atoms with Crippen LogP contribution < -0.4 is 5.32 Å². The van der Waals surface area contributed by atoms with Crippen molar-refractivity contribution in [2.45, 2.75) is 39.0 Å². The predicted molar refractivity (Wildman–Crippen MR) is 54.6 cm³/mol. The van der Waals surface area contributed by atoms with Crippen LogP contribution in [0.15, 0.2) is 18.7 Å². The largest absolute Gasteiger partial charge is 0.393 e. The van der Waals surface area contributed by atoms with Crippen LogP contribution in [0.1, 0.15) is 25.8 Å². The zero-order valence-electron chi connectivity index (χ0n) is 8.64.